The summed E-state index contributed by atoms with van der Waals surface area (Å²) in [6, 6.07) is 4.64. The molecule has 0 aliphatic carbocycles. The second-order valence-electron chi connectivity index (χ2n) is 5.04. The molecule has 104 valence electrons. The fourth-order valence-electron chi connectivity index (χ4n) is 1.41. The number of phenolic OH excluding ortho intramolecular Hbond substituents is 1. The topological polar surface area (TPSA) is 84.6 Å². The normalized spacial score (nSPS) is 11.6. The number of rotatable bonds is 3. The van der Waals surface area contributed by atoms with Gasteiger partial charge in [0.05, 0.1) is 5.69 Å². The van der Waals surface area contributed by atoms with Crippen molar-refractivity contribution in [2.24, 2.45) is 5.73 Å². The van der Waals surface area contributed by atoms with Crippen LogP contribution in [0.15, 0.2) is 24.3 Å². The number of nitrogens with one attached hydrogen (secondary N) is 1. The molecule has 0 bridgehead atoms. The predicted octanol–water partition coefficient (Wildman–Crippen LogP) is 2.71. The molecule has 0 aliphatic heterocycles. The third-order valence-corrected chi connectivity index (χ3v) is 2.10. The molecular weight excluding hydrogens is 244 g/mol. The van der Waals surface area contributed by atoms with Gasteiger partial charge in [-0.1, -0.05) is 12.2 Å². The van der Waals surface area contributed by atoms with Gasteiger partial charge in [0, 0.05) is 12.1 Å². The molecule has 0 heterocycles. The number of nitrogens with two attached hydrogens (primary N) is 1. The van der Waals surface area contributed by atoms with E-state index in [1.54, 1.807) is 45.1 Å². The van der Waals surface area contributed by atoms with Gasteiger partial charge < -0.3 is 15.6 Å². The SMILES string of the molecule is CC(C)(C)OC(=O)Nc1ccc(O)cc1/C=C/CN. The fourth-order valence-corrected chi connectivity index (χ4v) is 1.41. The molecule has 1 aromatic carbocycles. The van der Waals surface area contributed by atoms with Gasteiger partial charge in [-0.2, -0.15) is 0 Å². The Bertz CT molecular complexity index is 476. The van der Waals surface area contributed by atoms with Crippen LogP contribution in [0, 0.1) is 0 Å². The van der Waals surface area contributed by atoms with Crippen LogP contribution in [0.2, 0.25) is 0 Å². The van der Waals surface area contributed by atoms with Gasteiger partial charge >= 0.3 is 6.09 Å². The first kappa shape index (κ1) is 15.0. The molecule has 4 N–H and O–H groups in total. The molecule has 0 radical (unpaired) electrons. The average molecular weight is 264 g/mol. The van der Waals surface area contributed by atoms with E-state index in [-0.39, 0.29) is 5.75 Å². The minimum Gasteiger partial charge on any atom is -0.508 e. The fraction of sp³-hybridized carbons (Fsp3) is 0.357. The molecule has 1 rings (SSSR count). The van der Waals surface area contributed by atoms with Crippen molar-refractivity contribution >= 4 is 17.9 Å². The number of benzene rings is 1. The maximum atomic E-state index is 11.7. The van der Waals surface area contributed by atoms with Crippen LogP contribution in [0.5, 0.6) is 5.75 Å². The van der Waals surface area contributed by atoms with E-state index in [9.17, 15) is 9.90 Å². The number of aromatic hydroxyl groups is 1. The van der Waals surface area contributed by atoms with Gasteiger partial charge in [-0.25, -0.2) is 4.79 Å². The lowest BCUT2D eigenvalue weighted by atomic mass is 10.1. The van der Waals surface area contributed by atoms with Crippen molar-refractivity contribution in [2.75, 3.05) is 11.9 Å². The molecule has 0 fully saturated rings. The Kier molecular flexibility index (Phi) is 4.94. The Balaban J connectivity index is 2.88. The molecule has 0 saturated heterocycles. The van der Waals surface area contributed by atoms with Crippen molar-refractivity contribution in [2.45, 2.75) is 26.4 Å². The minimum atomic E-state index is -0.561. The Morgan fingerprint density at radius 2 is 2.16 bits per heavy atom. The molecule has 0 aromatic heterocycles. The van der Waals surface area contributed by atoms with Crippen molar-refractivity contribution < 1.29 is 14.6 Å². The van der Waals surface area contributed by atoms with Gasteiger partial charge in [-0.15, -0.1) is 0 Å². The summed E-state index contributed by atoms with van der Waals surface area (Å²) in [7, 11) is 0. The van der Waals surface area contributed by atoms with E-state index in [0.717, 1.165) is 0 Å². The third kappa shape index (κ3) is 5.44. The first-order valence-electron chi connectivity index (χ1n) is 6.01. The second kappa shape index (κ2) is 6.24. The Morgan fingerprint density at radius 3 is 2.74 bits per heavy atom. The zero-order valence-electron chi connectivity index (χ0n) is 11.4. The van der Waals surface area contributed by atoms with Crippen LogP contribution in [0.25, 0.3) is 6.08 Å². The summed E-state index contributed by atoms with van der Waals surface area (Å²) in [6.45, 7) is 5.75. The van der Waals surface area contributed by atoms with Crippen molar-refractivity contribution in [3.8, 4) is 5.75 Å². The molecule has 5 heteroatoms. The molecule has 0 aliphatic rings. The Labute approximate surface area is 113 Å². The molecule has 0 saturated carbocycles. The van der Waals surface area contributed by atoms with E-state index < -0.39 is 11.7 Å². The highest BCUT2D eigenvalue weighted by Gasteiger charge is 2.16. The summed E-state index contributed by atoms with van der Waals surface area (Å²) in [6.07, 6.45) is 2.92. The number of hydrogen-bond donors (Lipinski definition) is 3. The molecule has 1 amide bonds. The first-order chi connectivity index (χ1) is 8.81. The molecule has 1 aromatic rings. The monoisotopic (exact) mass is 264 g/mol. The molecule has 5 nitrogen and oxygen atoms in total. The number of phenols is 1. The van der Waals surface area contributed by atoms with Gasteiger partial charge in [0.25, 0.3) is 0 Å². The van der Waals surface area contributed by atoms with Crippen LogP contribution in [0.4, 0.5) is 10.5 Å². The number of anilines is 1. The lowest BCUT2D eigenvalue weighted by Gasteiger charge is -2.20. The van der Waals surface area contributed by atoms with Crippen molar-refractivity contribution in [1.29, 1.82) is 0 Å². The molecule has 0 unspecified atom stereocenters. The standard InChI is InChI=1S/C14H20N2O3/c1-14(2,3)19-13(18)16-12-7-6-11(17)9-10(12)5-4-8-15/h4-7,9,17H,8,15H2,1-3H3,(H,16,18)/b5-4+. The minimum absolute atomic E-state index is 0.117. The summed E-state index contributed by atoms with van der Waals surface area (Å²) in [5, 5.41) is 12.1. The predicted molar refractivity (Wildman–Crippen MR) is 76.1 cm³/mol. The van der Waals surface area contributed by atoms with E-state index >= 15 is 0 Å². The van der Waals surface area contributed by atoms with Crippen LogP contribution in [0.1, 0.15) is 26.3 Å². The van der Waals surface area contributed by atoms with Gasteiger partial charge in [-0.3, -0.25) is 5.32 Å². The van der Waals surface area contributed by atoms with E-state index in [2.05, 4.69) is 5.32 Å². The highest BCUT2D eigenvalue weighted by molar-refractivity contribution is 5.88. The summed E-state index contributed by atoms with van der Waals surface area (Å²) in [5.41, 5.74) is 6.04. The van der Waals surface area contributed by atoms with Gasteiger partial charge in [-0.05, 0) is 39.0 Å². The summed E-state index contributed by atoms with van der Waals surface area (Å²) >= 11 is 0. The molecule has 0 atom stereocenters. The van der Waals surface area contributed by atoms with Gasteiger partial charge in [0.1, 0.15) is 11.4 Å². The average Bonchev–Trinajstić information content (AvgIpc) is 2.27. The van der Waals surface area contributed by atoms with Crippen LogP contribution in [0.3, 0.4) is 0 Å². The maximum Gasteiger partial charge on any atom is 0.412 e. The zero-order chi connectivity index (χ0) is 14.5. The molecular formula is C14H20N2O3. The largest absolute Gasteiger partial charge is 0.508 e. The van der Waals surface area contributed by atoms with Crippen LogP contribution in [-0.2, 0) is 4.74 Å². The number of carbonyl (C=O) groups is 1. The quantitative estimate of drug-likeness (QED) is 0.733. The number of carbonyl (C=O) groups excluding carboxylic acids is 1. The van der Waals surface area contributed by atoms with Crippen molar-refractivity contribution in [1.82, 2.24) is 0 Å². The van der Waals surface area contributed by atoms with Gasteiger partial charge in [0.15, 0.2) is 0 Å². The summed E-state index contributed by atoms with van der Waals surface area (Å²) in [5.74, 6) is 0.117. The van der Waals surface area contributed by atoms with Crippen molar-refractivity contribution in [3.63, 3.8) is 0 Å². The lowest BCUT2D eigenvalue weighted by molar-refractivity contribution is 0.0636. The van der Waals surface area contributed by atoms with E-state index in [1.807, 2.05) is 0 Å². The van der Waals surface area contributed by atoms with Crippen molar-refractivity contribution in [3.05, 3.63) is 29.8 Å². The van der Waals surface area contributed by atoms with Crippen LogP contribution >= 0.6 is 0 Å². The lowest BCUT2D eigenvalue weighted by Crippen LogP contribution is -2.27. The third-order valence-electron chi connectivity index (χ3n) is 2.10. The highest BCUT2D eigenvalue weighted by Crippen LogP contribution is 2.23. The van der Waals surface area contributed by atoms with Crippen LogP contribution in [-0.4, -0.2) is 23.3 Å². The number of ether oxygens (including phenoxy) is 1. The molecule has 0 spiro atoms. The van der Waals surface area contributed by atoms with E-state index in [4.69, 9.17) is 10.5 Å². The van der Waals surface area contributed by atoms with E-state index in [1.165, 1.54) is 6.07 Å². The zero-order valence-corrected chi connectivity index (χ0v) is 11.4. The van der Waals surface area contributed by atoms with E-state index in [0.29, 0.717) is 17.8 Å². The first-order valence-corrected chi connectivity index (χ1v) is 6.01. The Morgan fingerprint density at radius 1 is 1.47 bits per heavy atom. The molecule has 19 heavy (non-hydrogen) atoms. The van der Waals surface area contributed by atoms with Gasteiger partial charge in [0.2, 0.25) is 0 Å². The highest BCUT2D eigenvalue weighted by atomic mass is 16.6. The second-order valence-corrected chi connectivity index (χ2v) is 5.04. The number of amides is 1. The number of hydrogen-bond acceptors (Lipinski definition) is 4. The maximum absolute atomic E-state index is 11.7. The Hall–Kier alpha value is -2.01. The summed E-state index contributed by atoms with van der Waals surface area (Å²) < 4.78 is 5.17. The smallest absolute Gasteiger partial charge is 0.412 e. The van der Waals surface area contributed by atoms with Crippen LogP contribution < -0.4 is 11.1 Å². The summed E-state index contributed by atoms with van der Waals surface area (Å²) in [4.78, 5) is 11.7.